The molecule has 1 fully saturated rings. The van der Waals surface area contributed by atoms with Crippen molar-refractivity contribution in [3.8, 4) is 0 Å². The number of thioether (sulfide) groups is 1. The number of amidine groups is 1. The molecule has 0 saturated carbocycles. The molecule has 6 heteroatoms. The molecule has 0 unspecified atom stereocenters. The Labute approximate surface area is 169 Å². The van der Waals surface area contributed by atoms with Crippen molar-refractivity contribution in [3.05, 3.63) is 65.9 Å². The Hall–Kier alpha value is -2.99. The van der Waals surface area contributed by atoms with E-state index in [-0.39, 0.29) is 0 Å². The first-order valence-corrected chi connectivity index (χ1v) is 10.1. The topological polar surface area (TPSA) is 53.7 Å². The minimum absolute atomic E-state index is 0.476. The van der Waals surface area contributed by atoms with Gasteiger partial charge in [0.15, 0.2) is 5.17 Å². The molecular formula is C22H21N5S. The summed E-state index contributed by atoms with van der Waals surface area (Å²) in [6.07, 6.45) is 3.54. The van der Waals surface area contributed by atoms with Gasteiger partial charge < -0.3 is 4.90 Å². The second-order valence-corrected chi connectivity index (χ2v) is 7.53. The summed E-state index contributed by atoms with van der Waals surface area (Å²) in [6.45, 7) is 10.1. The van der Waals surface area contributed by atoms with E-state index in [0.717, 1.165) is 33.2 Å². The van der Waals surface area contributed by atoms with Crippen molar-refractivity contribution in [2.75, 3.05) is 10.8 Å². The van der Waals surface area contributed by atoms with Gasteiger partial charge in [-0.3, -0.25) is 4.99 Å². The fourth-order valence-electron chi connectivity index (χ4n) is 3.24. The molecule has 1 saturated heterocycles. The molecule has 5 nitrogen and oxygen atoms in total. The van der Waals surface area contributed by atoms with Crippen molar-refractivity contribution in [2.24, 2.45) is 9.98 Å². The number of hydrogen-bond acceptors (Lipinski definition) is 5. The Bertz CT molecular complexity index is 1110. The summed E-state index contributed by atoms with van der Waals surface area (Å²) in [5.41, 5.74) is 6.26. The van der Waals surface area contributed by atoms with Crippen LogP contribution in [0.2, 0.25) is 0 Å². The van der Waals surface area contributed by atoms with E-state index in [2.05, 4.69) is 63.5 Å². The maximum absolute atomic E-state index is 4.68. The van der Waals surface area contributed by atoms with E-state index in [1.807, 2.05) is 25.1 Å². The Morgan fingerprint density at radius 2 is 2.00 bits per heavy atom. The Kier molecular flexibility index (Phi) is 4.96. The van der Waals surface area contributed by atoms with E-state index in [1.165, 1.54) is 16.8 Å². The first kappa shape index (κ1) is 18.4. The van der Waals surface area contributed by atoms with Crippen molar-refractivity contribution in [1.82, 2.24) is 9.97 Å². The number of fused-ring (bicyclic) bond motifs is 1. The molecule has 3 aromatic rings. The molecule has 0 radical (unpaired) electrons. The molecule has 1 aliphatic heterocycles. The fourth-order valence-corrected chi connectivity index (χ4v) is 3.98. The lowest BCUT2D eigenvalue weighted by Crippen LogP contribution is -2.39. The van der Waals surface area contributed by atoms with Crippen LogP contribution in [-0.4, -0.2) is 27.2 Å². The van der Waals surface area contributed by atoms with Crippen LogP contribution in [0.1, 0.15) is 23.6 Å². The number of benzene rings is 2. The lowest BCUT2D eigenvalue weighted by atomic mass is 10.1. The average Bonchev–Trinajstić information content (AvgIpc) is 2.67. The maximum Gasteiger partial charge on any atom is 0.252 e. The summed E-state index contributed by atoms with van der Waals surface area (Å²) >= 11 is 1.71. The van der Waals surface area contributed by atoms with Crippen LogP contribution in [0.15, 0.2) is 59.2 Å². The highest BCUT2D eigenvalue weighted by Gasteiger charge is 2.27. The molecule has 0 atom stereocenters. The number of nitrogens with zero attached hydrogens (tertiary/aromatic N) is 5. The van der Waals surface area contributed by atoms with E-state index >= 15 is 0 Å². The Balaban J connectivity index is 1.64. The molecule has 2 aromatic carbocycles. The van der Waals surface area contributed by atoms with Gasteiger partial charge in [0.1, 0.15) is 0 Å². The third-order valence-electron chi connectivity index (χ3n) is 4.64. The van der Waals surface area contributed by atoms with Crippen LogP contribution in [0, 0.1) is 13.8 Å². The highest BCUT2D eigenvalue weighted by atomic mass is 32.2. The predicted molar refractivity (Wildman–Crippen MR) is 121 cm³/mol. The quantitative estimate of drug-likeness (QED) is 0.554. The molecule has 0 N–H and O–H groups in total. The summed E-state index contributed by atoms with van der Waals surface area (Å²) in [4.78, 5) is 20.2. The van der Waals surface area contributed by atoms with Crippen molar-refractivity contribution in [2.45, 2.75) is 20.8 Å². The zero-order valence-electron chi connectivity index (χ0n) is 16.2. The Morgan fingerprint density at radius 3 is 2.68 bits per heavy atom. The van der Waals surface area contributed by atoms with Crippen molar-refractivity contribution >= 4 is 51.4 Å². The molecule has 28 heavy (non-hydrogen) atoms. The molecule has 1 aliphatic rings. The van der Waals surface area contributed by atoms with Gasteiger partial charge in [0.2, 0.25) is 0 Å². The van der Waals surface area contributed by atoms with Crippen LogP contribution in [-0.2, 0) is 0 Å². The Morgan fingerprint density at radius 1 is 1.21 bits per heavy atom. The second kappa shape index (κ2) is 7.56. The number of aliphatic imine (C=N–C) groups is 2. The number of anilines is 1. The van der Waals surface area contributed by atoms with Crippen LogP contribution in [0.25, 0.3) is 16.6 Å². The van der Waals surface area contributed by atoms with E-state index in [1.54, 1.807) is 24.2 Å². The van der Waals surface area contributed by atoms with Crippen molar-refractivity contribution in [3.63, 3.8) is 0 Å². The van der Waals surface area contributed by atoms with Gasteiger partial charge in [-0.2, -0.15) is 4.99 Å². The highest BCUT2D eigenvalue weighted by Crippen LogP contribution is 2.35. The predicted octanol–water partition coefficient (Wildman–Crippen LogP) is 5.51. The fraction of sp³-hybridized carbons (Fsp3) is 0.182. The maximum atomic E-state index is 4.68. The molecule has 1 aromatic heterocycles. The summed E-state index contributed by atoms with van der Waals surface area (Å²) in [5, 5.41) is 1.88. The van der Waals surface area contributed by atoms with Gasteiger partial charge >= 0.3 is 0 Å². The van der Waals surface area contributed by atoms with E-state index < -0.39 is 0 Å². The summed E-state index contributed by atoms with van der Waals surface area (Å²) in [6, 6.07) is 12.3. The van der Waals surface area contributed by atoms with E-state index in [0.29, 0.717) is 5.95 Å². The first-order chi connectivity index (χ1) is 13.6. The SMILES string of the molecule is C=C(/N=C\C)c1ccc2nc(/N=C3\SCN3c3c(C)cccc3C)ncc2c1. The molecular weight excluding hydrogens is 366 g/mol. The standard InChI is InChI=1S/C22H21N5S/c1-5-23-16(4)17-9-10-19-18(11-17)12-24-21(25-19)26-22-27(13-28-22)20-14(2)7-6-8-15(20)3/h5-12H,4,13H2,1-3H3/b23-5-,26-22-. The largest absolute Gasteiger partial charge is 0.310 e. The van der Waals surface area contributed by atoms with Gasteiger partial charge in [-0.05, 0) is 44.0 Å². The van der Waals surface area contributed by atoms with Gasteiger partial charge in [-0.25, -0.2) is 9.97 Å². The third-order valence-corrected chi connectivity index (χ3v) is 5.60. The van der Waals surface area contributed by atoms with Gasteiger partial charge in [-0.1, -0.05) is 42.6 Å². The molecule has 140 valence electrons. The van der Waals surface area contributed by atoms with Gasteiger partial charge in [0.25, 0.3) is 5.95 Å². The normalized spacial score (nSPS) is 15.4. The van der Waals surface area contributed by atoms with Crippen LogP contribution in [0.3, 0.4) is 0 Å². The molecule has 0 bridgehead atoms. The van der Waals surface area contributed by atoms with E-state index in [4.69, 9.17) is 0 Å². The summed E-state index contributed by atoms with van der Waals surface area (Å²) in [5.74, 6) is 1.37. The van der Waals surface area contributed by atoms with Crippen LogP contribution < -0.4 is 4.90 Å². The average molecular weight is 388 g/mol. The van der Waals surface area contributed by atoms with Crippen molar-refractivity contribution < 1.29 is 0 Å². The minimum Gasteiger partial charge on any atom is -0.310 e. The molecule has 2 heterocycles. The zero-order chi connectivity index (χ0) is 19.7. The third kappa shape index (κ3) is 3.43. The highest BCUT2D eigenvalue weighted by molar-refractivity contribution is 8.16. The minimum atomic E-state index is 0.476. The summed E-state index contributed by atoms with van der Waals surface area (Å²) in [7, 11) is 0. The summed E-state index contributed by atoms with van der Waals surface area (Å²) < 4.78 is 0. The number of para-hydroxylation sites is 1. The zero-order valence-corrected chi connectivity index (χ0v) is 17.0. The monoisotopic (exact) mass is 387 g/mol. The number of aryl methyl sites for hydroxylation is 2. The van der Waals surface area contributed by atoms with Crippen molar-refractivity contribution in [1.29, 1.82) is 0 Å². The van der Waals surface area contributed by atoms with Crippen LogP contribution in [0.4, 0.5) is 11.6 Å². The number of rotatable bonds is 4. The lowest BCUT2D eigenvalue weighted by Gasteiger charge is -2.35. The first-order valence-electron chi connectivity index (χ1n) is 9.07. The van der Waals surface area contributed by atoms with Crippen LogP contribution in [0.5, 0.6) is 0 Å². The molecule has 0 amide bonds. The second-order valence-electron chi connectivity index (χ2n) is 6.61. The van der Waals surface area contributed by atoms with Gasteiger partial charge in [-0.15, -0.1) is 0 Å². The van der Waals surface area contributed by atoms with Crippen LogP contribution >= 0.6 is 11.8 Å². The lowest BCUT2D eigenvalue weighted by molar-refractivity contribution is 1.13. The van der Waals surface area contributed by atoms with Gasteiger partial charge in [0.05, 0.1) is 17.1 Å². The number of hydrogen-bond donors (Lipinski definition) is 0. The smallest absolute Gasteiger partial charge is 0.252 e. The molecule has 0 spiro atoms. The van der Waals surface area contributed by atoms with E-state index in [9.17, 15) is 0 Å². The molecule has 4 rings (SSSR count). The number of aromatic nitrogens is 2. The molecule has 0 aliphatic carbocycles. The van der Waals surface area contributed by atoms with Gasteiger partial charge in [0, 0.05) is 29.0 Å².